The van der Waals surface area contributed by atoms with E-state index in [-0.39, 0.29) is 24.4 Å². The molecular formula is C16H22N2O2. The van der Waals surface area contributed by atoms with Gasteiger partial charge in [0.25, 0.3) is 0 Å². The molecule has 1 aliphatic heterocycles. The predicted molar refractivity (Wildman–Crippen MR) is 78.2 cm³/mol. The quantitative estimate of drug-likeness (QED) is 0.859. The fraction of sp³-hybridized carbons (Fsp3) is 0.500. The number of aryl methyl sites for hydroxylation is 1. The van der Waals surface area contributed by atoms with Crippen LogP contribution >= 0.6 is 0 Å². The van der Waals surface area contributed by atoms with Crippen LogP contribution in [0.2, 0.25) is 0 Å². The van der Waals surface area contributed by atoms with Crippen molar-refractivity contribution in [3.8, 4) is 0 Å². The smallest absolute Gasteiger partial charge is 0.239 e. The van der Waals surface area contributed by atoms with Crippen molar-refractivity contribution in [1.29, 1.82) is 0 Å². The van der Waals surface area contributed by atoms with E-state index in [4.69, 9.17) is 0 Å². The molecule has 0 saturated carbocycles. The van der Waals surface area contributed by atoms with Crippen LogP contribution in [0.15, 0.2) is 30.3 Å². The van der Waals surface area contributed by atoms with Crippen molar-refractivity contribution in [1.82, 2.24) is 10.2 Å². The lowest BCUT2D eigenvalue weighted by Gasteiger charge is -2.18. The van der Waals surface area contributed by atoms with E-state index in [1.807, 2.05) is 25.1 Å². The van der Waals surface area contributed by atoms with Gasteiger partial charge in [-0.05, 0) is 31.7 Å². The van der Waals surface area contributed by atoms with Crippen molar-refractivity contribution < 1.29 is 9.59 Å². The van der Waals surface area contributed by atoms with Gasteiger partial charge in [0.15, 0.2) is 0 Å². The Hall–Kier alpha value is -1.84. The lowest BCUT2D eigenvalue weighted by Crippen LogP contribution is -2.41. The first-order chi connectivity index (χ1) is 9.65. The SMILES string of the molecule is C[C@@H](CCc1ccccc1)NC(=O)CN1CCCC1=O. The molecule has 0 spiro atoms. The van der Waals surface area contributed by atoms with Crippen LogP contribution < -0.4 is 5.32 Å². The summed E-state index contributed by atoms with van der Waals surface area (Å²) in [5.41, 5.74) is 1.28. The van der Waals surface area contributed by atoms with Crippen LogP contribution in [-0.4, -0.2) is 35.8 Å². The molecule has 20 heavy (non-hydrogen) atoms. The number of carbonyl (C=O) groups excluding carboxylic acids is 2. The molecule has 1 saturated heterocycles. The standard InChI is InChI=1S/C16H22N2O2/c1-13(9-10-14-6-3-2-4-7-14)17-15(19)12-18-11-5-8-16(18)20/h2-4,6-7,13H,5,8-12H2,1H3,(H,17,19)/t13-/m0/s1. The molecule has 1 aromatic rings. The normalized spacial score (nSPS) is 16.2. The summed E-state index contributed by atoms with van der Waals surface area (Å²) in [4.78, 5) is 25.0. The van der Waals surface area contributed by atoms with E-state index in [1.54, 1.807) is 4.90 Å². The van der Waals surface area contributed by atoms with Crippen LogP contribution in [0.4, 0.5) is 0 Å². The zero-order valence-corrected chi connectivity index (χ0v) is 12.0. The number of benzene rings is 1. The topological polar surface area (TPSA) is 49.4 Å². The van der Waals surface area contributed by atoms with Gasteiger partial charge >= 0.3 is 0 Å². The first-order valence-electron chi connectivity index (χ1n) is 7.26. The van der Waals surface area contributed by atoms with E-state index in [9.17, 15) is 9.59 Å². The number of carbonyl (C=O) groups is 2. The van der Waals surface area contributed by atoms with Crippen molar-refractivity contribution in [2.45, 2.75) is 38.6 Å². The van der Waals surface area contributed by atoms with E-state index < -0.39 is 0 Å². The molecule has 1 fully saturated rings. The molecule has 1 N–H and O–H groups in total. The number of nitrogens with zero attached hydrogens (tertiary/aromatic N) is 1. The highest BCUT2D eigenvalue weighted by atomic mass is 16.2. The summed E-state index contributed by atoms with van der Waals surface area (Å²) in [7, 11) is 0. The highest BCUT2D eigenvalue weighted by Gasteiger charge is 2.22. The van der Waals surface area contributed by atoms with E-state index in [0.717, 1.165) is 19.3 Å². The molecule has 0 unspecified atom stereocenters. The van der Waals surface area contributed by atoms with Crippen LogP contribution in [0.25, 0.3) is 0 Å². The van der Waals surface area contributed by atoms with Crippen molar-refractivity contribution in [2.24, 2.45) is 0 Å². The van der Waals surface area contributed by atoms with Crippen LogP contribution in [0.5, 0.6) is 0 Å². The summed E-state index contributed by atoms with van der Waals surface area (Å²) < 4.78 is 0. The summed E-state index contributed by atoms with van der Waals surface area (Å²) in [5.74, 6) is 0.0397. The van der Waals surface area contributed by atoms with E-state index >= 15 is 0 Å². The molecule has 1 atom stereocenters. The predicted octanol–water partition coefficient (Wildman–Crippen LogP) is 1.75. The van der Waals surface area contributed by atoms with Gasteiger partial charge in [-0.15, -0.1) is 0 Å². The van der Waals surface area contributed by atoms with Gasteiger partial charge in [0.1, 0.15) is 0 Å². The minimum Gasteiger partial charge on any atom is -0.352 e. The minimum atomic E-state index is -0.0548. The highest BCUT2D eigenvalue weighted by molar-refractivity contribution is 5.85. The lowest BCUT2D eigenvalue weighted by atomic mass is 10.1. The molecule has 0 bridgehead atoms. The molecule has 1 aliphatic rings. The Morgan fingerprint density at radius 1 is 1.35 bits per heavy atom. The molecular weight excluding hydrogens is 252 g/mol. The first-order valence-corrected chi connectivity index (χ1v) is 7.26. The molecule has 2 amide bonds. The molecule has 4 nitrogen and oxygen atoms in total. The Kier molecular flexibility index (Phi) is 5.16. The highest BCUT2D eigenvalue weighted by Crippen LogP contribution is 2.09. The third-order valence-corrected chi connectivity index (χ3v) is 3.62. The van der Waals surface area contributed by atoms with Gasteiger partial charge in [-0.1, -0.05) is 30.3 Å². The lowest BCUT2D eigenvalue weighted by molar-refractivity contribution is -0.133. The second kappa shape index (κ2) is 7.08. The molecule has 1 heterocycles. The number of rotatable bonds is 6. The molecule has 4 heteroatoms. The summed E-state index contributed by atoms with van der Waals surface area (Å²) >= 11 is 0. The van der Waals surface area contributed by atoms with Gasteiger partial charge in [0, 0.05) is 19.0 Å². The summed E-state index contributed by atoms with van der Waals surface area (Å²) in [5, 5.41) is 2.96. The monoisotopic (exact) mass is 274 g/mol. The zero-order valence-electron chi connectivity index (χ0n) is 12.0. The zero-order chi connectivity index (χ0) is 14.4. The molecule has 108 valence electrons. The Morgan fingerprint density at radius 3 is 2.75 bits per heavy atom. The second-order valence-electron chi connectivity index (χ2n) is 5.41. The van der Waals surface area contributed by atoms with Crippen LogP contribution in [0.3, 0.4) is 0 Å². The van der Waals surface area contributed by atoms with E-state index in [1.165, 1.54) is 5.56 Å². The first kappa shape index (κ1) is 14.6. The maximum atomic E-state index is 11.9. The number of amides is 2. The fourth-order valence-electron chi connectivity index (χ4n) is 2.47. The minimum absolute atomic E-state index is 0.0548. The van der Waals surface area contributed by atoms with Gasteiger partial charge in [0.2, 0.25) is 11.8 Å². The largest absolute Gasteiger partial charge is 0.352 e. The second-order valence-corrected chi connectivity index (χ2v) is 5.41. The van der Waals surface area contributed by atoms with E-state index in [2.05, 4.69) is 17.4 Å². The van der Waals surface area contributed by atoms with Gasteiger partial charge in [-0.25, -0.2) is 0 Å². The van der Waals surface area contributed by atoms with Gasteiger partial charge in [0.05, 0.1) is 6.54 Å². The van der Waals surface area contributed by atoms with E-state index in [0.29, 0.717) is 13.0 Å². The average Bonchev–Trinajstić information content (AvgIpc) is 2.83. The average molecular weight is 274 g/mol. The summed E-state index contributed by atoms with van der Waals surface area (Å²) in [6.45, 7) is 2.92. The Labute approximate surface area is 120 Å². The van der Waals surface area contributed by atoms with Gasteiger partial charge in [-0.3, -0.25) is 9.59 Å². The van der Waals surface area contributed by atoms with Gasteiger partial charge < -0.3 is 10.2 Å². The Bertz CT molecular complexity index is 459. The fourth-order valence-corrected chi connectivity index (χ4v) is 2.47. The summed E-state index contributed by atoms with van der Waals surface area (Å²) in [6, 6.07) is 10.4. The maximum Gasteiger partial charge on any atom is 0.239 e. The summed E-state index contributed by atoms with van der Waals surface area (Å²) in [6.07, 6.45) is 3.31. The van der Waals surface area contributed by atoms with Crippen molar-refractivity contribution in [2.75, 3.05) is 13.1 Å². The molecule has 1 aromatic carbocycles. The van der Waals surface area contributed by atoms with Crippen LogP contribution in [-0.2, 0) is 16.0 Å². The number of likely N-dealkylation sites (tertiary alicyclic amines) is 1. The Morgan fingerprint density at radius 2 is 2.10 bits per heavy atom. The third-order valence-electron chi connectivity index (χ3n) is 3.62. The Balaban J connectivity index is 1.69. The molecule has 0 aromatic heterocycles. The molecule has 0 radical (unpaired) electrons. The van der Waals surface area contributed by atoms with Crippen molar-refractivity contribution in [3.05, 3.63) is 35.9 Å². The van der Waals surface area contributed by atoms with Crippen molar-refractivity contribution >= 4 is 11.8 Å². The van der Waals surface area contributed by atoms with Crippen LogP contribution in [0.1, 0.15) is 31.7 Å². The van der Waals surface area contributed by atoms with Crippen molar-refractivity contribution in [3.63, 3.8) is 0 Å². The number of nitrogens with one attached hydrogen (secondary N) is 1. The molecule has 0 aliphatic carbocycles. The number of hydrogen-bond acceptors (Lipinski definition) is 2. The van der Waals surface area contributed by atoms with Crippen LogP contribution in [0, 0.1) is 0 Å². The maximum absolute atomic E-state index is 11.9. The van der Waals surface area contributed by atoms with Gasteiger partial charge in [-0.2, -0.15) is 0 Å². The number of hydrogen-bond donors (Lipinski definition) is 1. The third kappa shape index (κ3) is 4.37. The molecule has 2 rings (SSSR count).